The van der Waals surface area contributed by atoms with E-state index in [-0.39, 0.29) is 11.8 Å². The maximum Gasteiger partial charge on any atom is 0.227 e. The molecule has 2 fully saturated rings. The summed E-state index contributed by atoms with van der Waals surface area (Å²) in [7, 11) is 0. The largest absolute Gasteiger partial charge is 0.370 e. The van der Waals surface area contributed by atoms with Crippen LogP contribution in [0.15, 0.2) is 41.1 Å². The molecule has 2 aliphatic heterocycles. The van der Waals surface area contributed by atoms with Crippen LogP contribution in [0, 0.1) is 5.92 Å². The maximum absolute atomic E-state index is 12.9. The van der Waals surface area contributed by atoms with Crippen LogP contribution in [0.3, 0.4) is 0 Å². The summed E-state index contributed by atoms with van der Waals surface area (Å²) in [5, 5.41) is 4.71. The Bertz CT molecular complexity index is 744. The Labute approximate surface area is 158 Å². The Kier molecular flexibility index (Phi) is 5.13. The zero-order valence-electron chi connectivity index (χ0n) is 14.7. The lowest BCUT2D eigenvalue weighted by Crippen LogP contribution is -2.50. The van der Waals surface area contributed by atoms with E-state index in [4.69, 9.17) is 16.1 Å². The normalized spacial score (nSPS) is 21.3. The molecule has 1 aromatic heterocycles. The van der Waals surface area contributed by atoms with Gasteiger partial charge in [0, 0.05) is 51.9 Å². The number of carbonyl (C=O) groups excluding carboxylic acids is 1. The summed E-state index contributed by atoms with van der Waals surface area (Å²) in [6, 6.07) is 9.74. The van der Waals surface area contributed by atoms with Gasteiger partial charge in [-0.3, -0.25) is 9.69 Å². The predicted molar refractivity (Wildman–Crippen MR) is 100 cm³/mol. The second kappa shape index (κ2) is 7.68. The fraction of sp³-hybridized carbons (Fsp3) is 0.474. The average molecular weight is 375 g/mol. The van der Waals surface area contributed by atoms with Gasteiger partial charge in [-0.25, -0.2) is 0 Å². The van der Waals surface area contributed by atoms with E-state index in [0.717, 1.165) is 68.6 Å². The minimum absolute atomic E-state index is 0.0633. The molecule has 0 unspecified atom stereocenters. The number of aromatic nitrogens is 1. The van der Waals surface area contributed by atoms with E-state index < -0.39 is 0 Å². The van der Waals surface area contributed by atoms with Crippen LogP contribution in [0.1, 0.15) is 12.1 Å². The molecule has 1 aromatic carbocycles. The van der Waals surface area contributed by atoms with Gasteiger partial charge in [0.2, 0.25) is 5.91 Å². The minimum atomic E-state index is 0.0633. The number of carbonyl (C=O) groups is 1. The molecule has 6 nitrogen and oxygen atoms in total. The number of hydrogen-bond acceptors (Lipinski definition) is 5. The highest BCUT2D eigenvalue weighted by Gasteiger charge is 2.33. The molecular formula is C19H23ClN4O2. The fourth-order valence-corrected chi connectivity index (χ4v) is 4.08. The Morgan fingerprint density at radius 3 is 2.69 bits per heavy atom. The van der Waals surface area contributed by atoms with Gasteiger partial charge >= 0.3 is 0 Å². The summed E-state index contributed by atoms with van der Waals surface area (Å²) in [5.41, 5.74) is 1.97. The molecule has 26 heavy (non-hydrogen) atoms. The summed E-state index contributed by atoms with van der Waals surface area (Å²) >= 11 is 6.30. The second-order valence-electron chi connectivity index (χ2n) is 6.98. The van der Waals surface area contributed by atoms with Gasteiger partial charge in [-0.1, -0.05) is 28.9 Å². The average Bonchev–Trinajstić information content (AvgIpc) is 3.34. The summed E-state index contributed by atoms with van der Waals surface area (Å²) in [6.07, 6.45) is 2.49. The number of piperazine rings is 1. The zero-order chi connectivity index (χ0) is 17.9. The first-order chi connectivity index (χ1) is 12.7. The van der Waals surface area contributed by atoms with Gasteiger partial charge in [0.25, 0.3) is 0 Å². The molecule has 0 saturated carbocycles. The Morgan fingerprint density at radius 2 is 1.96 bits per heavy atom. The smallest absolute Gasteiger partial charge is 0.227 e. The molecular weight excluding hydrogens is 352 g/mol. The molecule has 0 spiro atoms. The highest BCUT2D eigenvalue weighted by atomic mass is 35.5. The lowest BCUT2D eigenvalue weighted by Gasteiger charge is -2.35. The van der Waals surface area contributed by atoms with Gasteiger partial charge in [0.15, 0.2) is 0 Å². The number of amides is 1. The van der Waals surface area contributed by atoms with Crippen LogP contribution in [-0.4, -0.2) is 60.1 Å². The third-order valence-electron chi connectivity index (χ3n) is 5.29. The first-order valence-electron chi connectivity index (χ1n) is 9.10. The Hall–Kier alpha value is -2.05. The molecule has 0 aliphatic carbocycles. The van der Waals surface area contributed by atoms with Gasteiger partial charge in [-0.15, -0.1) is 0 Å². The summed E-state index contributed by atoms with van der Waals surface area (Å²) in [5.74, 6) is 0.342. The van der Waals surface area contributed by atoms with Crippen LogP contribution in [0.25, 0.3) is 0 Å². The van der Waals surface area contributed by atoms with Crippen molar-refractivity contribution in [3.05, 3.63) is 47.3 Å². The quantitative estimate of drug-likeness (QED) is 0.823. The molecule has 0 N–H and O–H groups in total. The lowest BCUT2D eigenvalue weighted by molar-refractivity contribution is -0.136. The number of hydrogen-bond donors (Lipinski definition) is 0. The van der Waals surface area contributed by atoms with E-state index in [2.05, 4.69) is 15.0 Å². The molecule has 0 bridgehead atoms. The van der Waals surface area contributed by atoms with Crippen molar-refractivity contribution >= 4 is 23.2 Å². The Balaban J connectivity index is 1.30. The molecule has 7 heteroatoms. The molecule has 2 saturated heterocycles. The fourth-order valence-electron chi connectivity index (χ4n) is 3.82. The number of halogens is 1. The van der Waals surface area contributed by atoms with Crippen molar-refractivity contribution in [3.8, 4) is 0 Å². The number of nitrogens with zero attached hydrogens (tertiary/aromatic N) is 4. The van der Waals surface area contributed by atoms with Crippen LogP contribution in [0.4, 0.5) is 5.69 Å². The summed E-state index contributed by atoms with van der Waals surface area (Å²) in [6.45, 7) is 5.72. The number of para-hydroxylation sites is 1. The molecule has 4 rings (SSSR count). The van der Waals surface area contributed by atoms with Gasteiger partial charge in [0.1, 0.15) is 6.26 Å². The van der Waals surface area contributed by atoms with Crippen molar-refractivity contribution in [1.82, 2.24) is 15.0 Å². The van der Waals surface area contributed by atoms with Crippen LogP contribution >= 0.6 is 11.6 Å². The lowest BCUT2D eigenvalue weighted by atomic mass is 10.1. The zero-order valence-corrected chi connectivity index (χ0v) is 15.4. The second-order valence-corrected chi connectivity index (χ2v) is 7.38. The van der Waals surface area contributed by atoms with E-state index in [1.807, 2.05) is 35.2 Å². The van der Waals surface area contributed by atoms with Crippen molar-refractivity contribution in [2.45, 2.75) is 13.0 Å². The Morgan fingerprint density at radius 1 is 1.15 bits per heavy atom. The highest BCUT2D eigenvalue weighted by molar-refractivity contribution is 6.33. The van der Waals surface area contributed by atoms with Crippen molar-refractivity contribution in [3.63, 3.8) is 0 Å². The van der Waals surface area contributed by atoms with E-state index in [1.54, 1.807) is 6.26 Å². The number of rotatable bonds is 4. The maximum atomic E-state index is 12.9. The number of benzene rings is 1. The highest BCUT2D eigenvalue weighted by Crippen LogP contribution is 2.30. The standard InChI is InChI=1S/C19H23ClN4O2/c20-17-3-1-2-4-18(17)24-7-5-15(13-24)19(25)23-10-8-22(9-11-23)14-16-6-12-26-21-16/h1-4,6,12,15H,5,7-11,13-14H2/t15-/m0/s1. The van der Waals surface area contributed by atoms with Crippen molar-refractivity contribution in [1.29, 1.82) is 0 Å². The molecule has 2 aliphatic rings. The molecule has 3 heterocycles. The monoisotopic (exact) mass is 374 g/mol. The molecule has 0 radical (unpaired) electrons. The molecule has 1 atom stereocenters. The molecule has 138 valence electrons. The van der Waals surface area contributed by atoms with Gasteiger partial charge in [-0.2, -0.15) is 0 Å². The van der Waals surface area contributed by atoms with Crippen LogP contribution < -0.4 is 4.90 Å². The minimum Gasteiger partial charge on any atom is -0.370 e. The summed E-state index contributed by atoms with van der Waals surface area (Å²) < 4.78 is 4.88. The van der Waals surface area contributed by atoms with Gasteiger partial charge in [0.05, 0.1) is 22.3 Å². The van der Waals surface area contributed by atoms with Crippen molar-refractivity contribution < 1.29 is 9.32 Å². The number of anilines is 1. The molecule has 2 aromatic rings. The van der Waals surface area contributed by atoms with E-state index in [1.165, 1.54) is 0 Å². The van der Waals surface area contributed by atoms with E-state index in [9.17, 15) is 4.79 Å². The van der Waals surface area contributed by atoms with E-state index >= 15 is 0 Å². The predicted octanol–water partition coefficient (Wildman–Crippen LogP) is 2.50. The van der Waals surface area contributed by atoms with Crippen LogP contribution in [-0.2, 0) is 11.3 Å². The SMILES string of the molecule is O=C([C@H]1CCN(c2ccccc2Cl)C1)N1CCN(Cc2ccon2)CC1. The first kappa shape index (κ1) is 17.4. The summed E-state index contributed by atoms with van der Waals surface area (Å²) in [4.78, 5) is 19.5. The van der Waals surface area contributed by atoms with Crippen molar-refractivity contribution in [2.24, 2.45) is 5.92 Å². The topological polar surface area (TPSA) is 52.8 Å². The van der Waals surface area contributed by atoms with Crippen LogP contribution in [0.5, 0.6) is 0 Å². The van der Waals surface area contributed by atoms with Crippen molar-refractivity contribution in [2.75, 3.05) is 44.2 Å². The van der Waals surface area contributed by atoms with Gasteiger partial charge in [-0.05, 0) is 18.6 Å². The first-order valence-corrected chi connectivity index (χ1v) is 9.48. The van der Waals surface area contributed by atoms with E-state index in [0.29, 0.717) is 0 Å². The molecule has 1 amide bonds. The third-order valence-corrected chi connectivity index (χ3v) is 5.61. The third kappa shape index (κ3) is 3.71. The van der Waals surface area contributed by atoms with Crippen LogP contribution in [0.2, 0.25) is 5.02 Å². The van der Waals surface area contributed by atoms with Gasteiger partial charge < -0.3 is 14.3 Å².